The fraction of sp³-hybridized carbons (Fsp3) is 0.667. The van der Waals surface area contributed by atoms with Crippen molar-refractivity contribution in [1.82, 2.24) is 9.47 Å². The van der Waals surface area contributed by atoms with Crippen LogP contribution in [0.4, 0.5) is 0 Å². The van der Waals surface area contributed by atoms with Crippen molar-refractivity contribution >= 4 is 0 Å². The summed E-state index contributed by atoms with van der Waals surface area (Å²) < 4.78 is 2.42. The number of nitrogens with zero attached hydrogens (tertiary/aromatic N) is 2. The van der Waals surface area contributed by atoms with Crippen molar-refractivity contribution < 1.29 is 0 Å². The first-order valence-corrected chi connectivity index (χ1v) is 5.78. The van der Waals surface area contributed by atoms with Crippen LogP contribution in [-0.4, -0.2) is 29.1 Å². The molecule has 0 amide bonds. The number of aromatic nitrogens is 1. The second kappa shape index (κ2) is 3.43. The lowest BCUT2D eigenvalue weighted by atomic mass is 9.85. The minimum atomic E-state index is 0.779. The van der Waals surface area contributed by atoms with Gasteiger partial charge < -0.3 is 9.47 Å². The highest BCUT2D eigenvalue weighted by Gasteiger charge is 2.32. The molecule has 3 unspecified atom stereocenters. The maximum Gasteiger partial charge on any atom is 0.0383 e. The minimum Gasteiger partial charge on any atom is -0.351 e. The molecular weight excluding hydrogens is 172 g/mol. The zero-order valence-corrected chi connectivity index (χ0v) is 8.60. The van der Waals surface area contributed by atoms with Crippen LogP contribution in [0.2, 0.25) is 0 Å². The summed E-state index contributed by atoms with van der Waals surface area (Å²) in [4.78, 5) is 2.63. The monoisotopic (exact) mass is 190 g/mol. The lowest BCUT2D eigenvalue weighted by Gasteiger charge is -2.43. The Balaban J connectivity index is 1.80. The van der Waals surface area contributed by atoms with Crippen LogP contribution in [0.3, 0.4) is 0 Å². The summed E-state index contributed by atoms with van der Waals surface area (Å²) in [5.74, 6) is 0.907. The highest BCUT2D eigenvalue weighted by molar-refractivity contribution is 4.97. The summed E-state index contributed by atoms with van der Waals surface area (Å²) in [5, 5.41) is 0. The van der Waals surface area contributed by atoms with Gasteiger partial charge in [0.05, 0.1) is 0 Å². The van der Waals surface area contributed by atoms with Gasteiger partial charge in [-0.2, -0.15) is 0 Å². The van der Waals surface area contributed by atoms with Gasteiger partial charge in [0.25, 0.3) is 0 Å². The molecule has 0 radical (unpaired) electrons. The SMILES string of the molecule is c1ccn(C2CCN3CCCC2C3)c1. The van der Waals surface area contributed by atoms with Crippen molar-refractivity contribution in [2.24, 2.45) is 5.92 Å². The zero-order valence-electron chi connectivity index (χ0n) is 8.60. The Labute approximate surface area is 85.5 Å². The van der Waals surface area contributed by atoms with E-state index in [2.05, 4.69) is 34.0 Å². The van der Waals surface area contributed by atoms with E-state index in [0.29, 0.717) is 0 Å². The predicted molar refractivity (Wildman–Crippen MR) is 57.3 cm³/mol. The number of hydrogen-bond donors (Lipinski definition) is 0. The molecule has 2 heteroatoms. The van der Waals surface area contributed by atoms with Crippen LogP contribution in [-0.2, 0) is 0 Å². The lowest BCUT2D eigenvalue weighted by molar-refractivity contribution is 0.0789. The van der Waals surface area contributed by atoms with Gasteiger partial charge in [-0.3, -0.25) is 0 Å². The summed E-state index contributed by atoms with van der Waals surface area (Å²) in [6.45, 7) is 3.98. The fourth-order valence-electron chi connectivity index (χ4n) is 3.12. The van der Waals surface area contributed by atoms with Crippen molar-refractivity contribution in [3.05, 3.63) is 24.5 Å². The Morgan fingerprint density at radius 3 is 2.71 bits per heavy atom. The summed E-state index contributed by atoms with van der Waals surface area (Å²) in [5.41, 5.74) is 0. The molecule has 3 heterocycles. The first kappa shape index (κ1) is 8.54. The molecule has 1 aromatic rings. The number of piperidine rings is 2. The van der Waals surface area contributed by atoms with Gasteiger partial charge >= 0.3 is 0 Å². The summed E-state index contributed by atoms with van der Waals surface area (Å²) in [6.07, 6.45) is 8.64. The molecule has 0 aromatic carbocycles. The summed E-state index contributed by atoms with van der Waals surface area (Å²) in [6, 6.07) is 5.08. The average Bonchev–Trinajstić information content (AvgIpc) is 2.71. The molecule has 0 saturated carbocycles. The normalized spacial score (nSPS) is 37.0. The van der Waals surface area contributed by atoms with Crippen LogP contribution < -0.4 is 0 Å². The van der Waals surface area contributed by atoms with Crippen LogP contribution in [0.5, 0.6) is 0 Å². The van der Waals surface area contributed by atoms with Gasteiger partial charge in [-0.15, -0.1) is 0 Å². The minimum absolute atomic E-state index is 0.779. The molecule has 0 aliphatic carbocycles. The van der Waals surface area contributed by atoms with Gasteiger partial charge in [-0.25, -0.2) is 0 Å². The molecule has 3 atom stereocenters. The highest BCUT2D eigenvalue weighted by atomic mass is 15.2. The maximum absolute atomic E-state index is 2.63. The van der Waals surface area contributed by atoms with E-state index < -0.39 is 0 Å². The molecule has 1 aromatic heterocycles. The highest BCUT2D eigenvalue weighted by Crippen LogP contribution is 2.34. The summed E-state index contributed by atoms with van der Waals surface area (Å²) in [7, 11) is 0. The molecule has 2 fully saturated rings. The van der Waals surface area contributed by atoms with E-state index in [-0.39, 0.29) is 0 Å². The van der Waals surface area contributed by atoms with Gasteiger partial charge in [0.15, 0.2) is 0 Å². The van der Waals surface area contributed by atoms with E-state index in [1.54, 1.807) is 0 Å². The topological polar surface area (TPSA) is 8.17 Å². The van der Waals surface area contributed by atoms with Gasteiger partial charge in [-0.05, 0) is 43.9 Å². The van der Waals surface area contributed by atoms with Crippen molar-refractivity contribution in [3.8, 4) is 0 Å². The standard InChI is InChI=1S/C12H18N2/c1-2-8-14(7-1)12-5-9-13-6-3-4-11(12)10-13/h1-2,7-8,11-12H,3-6,9-10H2. The maximum atomic E-state index is 2.63. The first-order chi connectivity index (χ1) is 6.93. The van der Waals surface area contributed by atoms with Crippen molar-refractivity contribution in [2.45, 2.75) is 25.3 Å². The molecule has 2 aliphatic heterocycles. The van der Waals surface area contributed by atoms with Crippen LogP contribution in [0.15, 0.2) is 24.5 Å². The molecule has 0 spiro atoms. The number of rotatable bonds is 1. The largest absolute Gasteiger partial charge is 0.351 e. The zero-order chi connectivity index (χ0) is 9.38. The van der Waals surface area contributed by atoms with E-state index in [0.717, 1.165) is 12.0 Å². The predicted octanol–water partition coefficient (Wildman–Crippen LogP) is 2.14. The molecule has 2 aliphatic rings. The van der Waals surface area contributed by atoms with Gasteiger partial charge in [0.2, 0.25) is 0 Å². The average molecular weight is 190 g/mol. The first-order valence-electron chi connectivity index (χ1n) is 5.78. The van der Waals surface area contributed by atoms with E-state index in [9.17, 15) is 0 Å². The summed E-state index contributed by atoms with van der Waals surface area (Å²) >= 11 is 0. The molecule has 14 heavy (non-hydrogen) atoms. The van der Waals surface area contributed by atoms with Crippen molar-refractivity contribution in [2.75, 3.05) is 19.6 Å². The Kier molecular flexibility index (Phi) is 2.09. The van der Waals surface area contributed by atoms with Crippen molar-refractivity contribution in [1.29, 1.82) is 0 Å². The number of hydrogen-bond acceptors (Lipinski definition) is 1. The second-order valence-corrected chi connectivity index (χ2v) is 4.69. The smallest absolute Gasteiger partial charge is 0.0383 e. The number of fused-ring (bicyclic) bond motifs is 2. The van der Waals surface area contributed by atoms with Crippen LogP contribution in [0.25, 0.3) is 0 Å². The fourth-order valence-corrected chi connectivity index (χ4v) is 3.12. The van der Waals surface area contributed by atoms with Gasteiger partial charge in [-0.1, -0.05) is 0 Å². The van der Waals surface area contributed by atoms with E-state index in [1.165, 1.54) is 38.9 Å². The van der Waals surface area contributed by atoms with Crippen LogP contribution in [0.1, 0.15) is 25.3 Å². The Morgan fingerprint density at radius 1 is 1.00 bits per heavy atom. The third-order valence-corrected chi connectivity index (χ3v) is 3.84. The molecule has 76 valence electrons. The van der Waals surface area contributed by atoms with Crippen LogP contribution >= 0.6 is 0 Å². The van der Waals surface area contributed by atoms with E-state index in [1.807, 2.05) is 0 Å². The molecule has 3 rings (SSSR count). The molecular formula is C12H18N2. The second-order valence-electron chi connectivity index (χ2n) is 4.69. The van der Waals surface area contributed by atoms with E-state index in [4.69, 9.17) is 0 Å². The Hall–Kier alpha value is -0.760. The Bertz CT molecular complexity index is 291. The molecule has 2 nitrogen and oxygen atoms in total. The van der Waals surface area contributed by atoms with Gasteiger partial charge in [0, 0.05) is 31.5 Å². The Morgan fingerprint density at radius 2 is 1.86 bits per heavy atom. The molecule has 2 saturated heterocycles. The van der Waals surface area contributed by atoms with Crippen molar-refractivity contribution in [3.63, 3.8) is 0 Å². The van der Waals surface area contributed by atoms with E-state index >= 15 is 0 Å². The molecule has 0 N–H and O–H groups in total. The van der Waals surface area contributed by atoms with Gasteiger partial charge in [0.1, 0.15) is 0 Å². The molecule has 2 bridgehead atoms. The lowest BCUT2D eigenvalue weighted by Crippen LogP contribution is -2.45. The van der Waals surface area contributed by atoms with Crippen LogP contribution in [0, 0.1) is 5.92 Å². The quantitative estimate of drug-likeness (QED) is 0.658. The third kappa shape index (κ3) is 1.38. The third-order valence-electron chi connectivity index (χ3n) is 3.84.